The predicted molar refractivity (Wildman–Crippen MR) is 45.0 cm³/mol. The van der Waals surface area contributed by atoms with Crippen molar-refractivity contribution in [2.24, 2.45) is 5.73 Å². The monoisotopic (exact) mass is 187 g/mol. The van der Waals surface area contributed by atoms with Crippen LogP contribution in [0.3, 0.4) is 0 Å². The van der Waals surface area contributed by atoms with Gasteiger partial charge in [0.2, 0.25) is 0 Å². The molecule has 1 unspecified atom stereocenters. The molecule has 0 aliphatic rings. The van der Waals surface area contributed by atoms with Crippen LogP contribution in [0.25, 0.3) is 0 Å². The molecule has 0 fully saturated rings. The first-order valence-corrected chi connectivity index (χ1v) is 3.91. The highest BCUT2D eigenvalue weighted by atomic mass is 19.1. The molecule has 2 atom stereocenters. The molecule has 1 rings (SSSR count). The standard InChI is InChI=1S/C9H11F2NO/c1-5(13)9(12)7-3-2-6(10)4-8(7)11/h2-5,9,13H,12H2,1H3/t5?,9-/m0/s1. The summed E-state index contributed by atoms with van der Waals surface area (Å²) in [6.07, 6.45) is -0.861. The largest absolute Gasteiger partial charge is 0.391 e. The van der Waals surface area contributed by atoms with Crippen LogP contribution in [-0.4, -0.2) is 11.2 Å². The lowest BCUT2D eigenvalue weighted by Gasteiger charge is -2.15. The Morgan fingerprint density at radius 3 is 2.46 bits per heavy atom. The molecule has 0 aliphatic carbocycles. The number of hydrogen-bond acceptors (Lipinski definition) is 2. The molecule has 0 radical (unpaired) electrons. The lowest BCUT2D eigenvalue weighted by atomic mass is 10.0. The van der Waals surface area contributed by atoms with Crippen molar-refractivity contribution in [2.75, 3.05) is 0 Å². The summed E-state index contributed by atoms with van der Waals surface area (Å²) in [6.45, 7) is 1.45. The molecule has 13 heavy (non-hydrogen) atoms. The van der Waals surface area contributed by atoms with Gasteiger partial charge in [0.05, 0.1) is 12.1 Å². The van der Waals surface area contributed by atoms with Crippen molar-refractivity contribution < 1.29 is 13.9 Å². The molecule has 3 N–H and O–H groups in total. The summed E-state index contributed by atoms with van der Waals surface area (Å²) in [5, 5.41) is 9.08. The van der Waals surface area contributed by atoms with Crippen molar-refractivity contribution >= 4 is 0 Å². The third kappa shape index (κ3) is 2.23. The van der Waals surface area contributed by atoms with E-state index in [0.29, 0.717) is 0 Å². The Balaban J connectivity index is 3.01. The number of aliphatic hydroxyl groups excluding tert-OH is 1. The molecule has 0 saturated carbocycles. The summed E-state index contributed by atoms with van der Waals surface area (Å²) in [6, 6.07) is 2.28. The second-order valence-corrected chi connectivity index (χ2v) is 2.93. The van der Waals surface area contributed by atoms with Gasteiger partial charge in [-0.2, -0.15) is 0 Å². The van der Waals surface area contributed by atoms with Gasteiger partial charge in [0.25, 0.3) is 0 Å². The minimum absolute atomic E-state index is 0.122. The minimum atomic E-state index is -0.861. The van der Waals surface area contributed by atoms with Gasteiger partial charge in [-0.25, -0.2) is 8.78 Å². The zero-order chi connectivity index (χ0) is 10.0. The van der Waals surface area contributed by atoms with E-state index >= 15 is 0 Å². The second kappa shape index (κ2) is 3.81. The van der Waals surface area contributed by atoms with Crippen molar-refractivity contribution in [1.82, 2.24) is 0 Å². The quantitative estimate of drug-likeness (QED) is 0.734. The van der Waals surface area contributed by atoms with Crippen molar-refractivity contribution in [1.29, 1.82) is 0 Å². The average molecular weight is 187 g/mol. The first-order chi connectivity index (χ1) is 6.02. The fourth-order valence-corrected chi connectivity index (χ4v) is 1.03. The molecule has 0 saturated heterocycles. The van der Waals surface area contributed by atoms with Gasteiger partial charge in [0.15, 0.2) is 0 Å². The molecular formula is C9H11F2NO. The Bertz CT molecular complexity index is 302. The molecule has 0 heterocycles. The molecule has 1 aromatic carbocycles. The zero-order valence-electron chi connectivity index (χ0n) is 7.17. The van der Waals surface area contributed by atoms with E-state index < -0.39 is 23.8 Å². The van der Waals surface area contributed by atoms with Crippen molar-refractivity contribution in [3.05, 3.63) is 35.4 Å². The average Bonchev–Trinajstić information content (AvgIpc) is 2.03. The van der Waals surface area contributed by atoms with Crippen molar-refractivity contribution in [3.63, 3.8) is 0 Å². The Labute approximate surface area is 75.0 Å². The lowest BCUT2D eigenvalue weighted by molar-refractivity contribution is 0.162. The fourth-order valence-electron chi connectivity index (χ4n) is 1.03. The van der Waals surface area contributed by atoms with Gasteiger partial charge >= 0.3 is 0 Å². The maximum atomic E-state index is 13.0. The first-order valence-electron chi connectivity index (χ1n) is 3.91. The van der Waals surface area contributed by atoms with Crippen LogP contribution in [0.2, 0.25) is 0 Å². The van der Waals surface area contributed by atoms with Gasteiger partial charge in [0.1, 0.15) is 11.6 Å². The van der Waals surface area contributed by atoms with Crippen molar-refractivity contribution in [2.45, 2.75) is 19.1 Å². The maximum absolute atomic E-state index is 13.0. The molecule has 2 nitrogen and oxygen atoms in total. The van der Waals surface area contributed by atoms with Crippen LogP contribution in [0.5, 0.6) is 0 Å². The van der Waals surface area contributed by atoms with Gasteiger partial charge in [-0.15, -0.1) is 0 Å². The van der Waals surface area contributed by atoms with E-state index in [-0.39, 0.29) is 5.56 Å². The Morgan fingerprint density at radius 2 is 2.00 bits per heavy atom. The van der Waals surface area contributed by atoms with Crippen molar-refractivity contribution in [3.8, 4) is 0 Å². The number of rotatable bonds is 2. The van der Waals surface area contributed by atoms with Crippen LogP contribution in [-0.2, 0) is 0 Å². The SMILES string of the molecule is CC(O)[C@H](N)c1ccc(F)cc1F. The predicted octanol–water partition coefficient (Wildman–Crippen LogP) is 1.35. The molecule has 0 bridgehead atoms. The third-order valence-electron chi connectivity index (χ3n) is 1.84. The highest BCUT2D eigenvalue weighted by molar-refractivity contribution is 5.22. The molecule has 72 valence electrons. The van der Waals surface area contributed by atoms with Gasteiger partial charge < -0.3 is 10.8 Å². The summed E-state index contributed by atoms with van der Waals surface area (Å²) in [4.78, 5) is 0. The molecule has 0 aliphatic heterocycles. The van der Waals surface area contributed by atoms with Crippen LogP contribution in [0.15, 0.2) is 18.2 Å². The number of aliphatic hydroxyl groups is 1. The van der Waals surface area contributed by atoms with E-state index in [2.05, 4.69) is 0 Å². The summed E-state index contributed by atoms with van der Waals surface area (Å²) in [5.74, 6) is -1.38. The maximum Gasteiger partial charge on any atom is 0.130 e. The topological polar surface area (TPSA) is 46.2 Å². The van der Waals surface area contributed by atoms with Crippen LogP contribution in [0, 0.1) is 11.6 Å². The van der Waals surface area contributed by atoms with E-state index in [9.17, 15) is 8.78 Å². The summed E-state index contributed by atoms with van der Waals surface area (Å²) in [7, 11) is 0. The molecular weight excluding hydrogens is 176 g/mol. The summed E-state index contributed by atoms with van der Waals surface area (Å²) >= 11 is 0. The smallest absolute Gasteiger partial charge is 0.130 e. The minimum Gasteiger partial charge on any atom is -0.391 e. The van der Waals surface area contributed by atoms with E-state index in [1.165, 1.54) is 13.0 Å². The first kappa shape index (κ1) is 10.1. The van der Waals surface area contributed by atoms with Crippen LogP contribution < -0.4 is 5.73 Å². The number of halogens is 2. The number of hydrogen-bond donors (Lipinski definition) is 2. The summed E-state index contributed by atoms with van der Waals surface area (Å²) in [5.41, 5.74) is 5.60. The second-order valence-electron chi connectivity index (χ2n) is 2.93. The molecule has 0 aromatic heterocycles. The van der Waals surface area contributed by atoms with E-state index in [0.717, 1.165) is 12.1 Å². The van der Waals surface area contributed by atoms with E-state index in [1.807, 2.05) is 0 Å². The van der Waals surface area contributed by atoms with Gasteiger partial charge in [0, 0.05) is 11.6 Å². The Kier molecular flexibility index (Phi) is 2.95. The van der Waals surface area contributed by atoms with Gasteiger partial charge in [-0.1, -0.05) is 6.07 Å². The van der Waals surface area contributed by atoms with Crippen LogP contribution >= 0.6 is 0 Å². The van der Waals surface area contributed by atoms with Gasteiger partial charge in [-0.3, -0.25) is 0 Å². The number of nitrogens with two attached hydrogens (primary N) is 1. The lowest BCUT2D eigenvalue weighted by Crippen LogP contribution is -2.24. The molecule has 0 spiro atoms. The molecule has 1 aromatic rings. The Hall–Kier alpha value is -1.00. The molecule has 0 amide bonds. The summed E-state index contributed by atoms with van der Waals surface area (Å²) < 4.78 is 25.5. The van der Waals surface area contributed by atoms with E-state index in [1.54, 1.807) is 0 Å². The van der Waals surface area contributed by atoms with Crippen LogP contribution in [0.4, 0.5) is 8.78 Å². The van der Waals surface area contributed by atoms with Crippen LogP contribution in [0.1, 0.15) is 18.5 Å². The highest BCUT2D eigenvalue weighted by Gasteiger charge is 2.16. The van der Waals surface area contributed by atoms with E-state index in [4.69, 9.17) is 10.8 Å². The number of benzene rings is 1. The molecule has 4 heteroatoms. The Morgan fingerprint density at radius 1 is 1.38 bits per heavy atom. The highest BCUT2D eigenvalue weighted by Crippen LogP contribution is 2.18. The van der Waals surface area contributed by atoms with Gasteiger partial charge in [-0.05, 0) is 13.0 Å². The normalized spacial score (nSPS) is 15.5. The fraction of sp³-hybridized carbons (Fsp3) is 0.333. The zero-order valence-corrected chi connectivity index (χ0v) is 7.17. The third-order valence-corrected chi connectivity index (χ3v) is 1.84.